The van der Waals surface area contributed by atoms with Crippen LogP contribution < -0.4 is 10.1 Å². The van der Waals surface area contributed by atoms with E-state index in [1.807, 2.05) is 13.0 Å². The number of anilines is 1. The van der Waals surface area contributed by atoms with Gasteiger partial charge in [-0.05, 0) is 36.3 Å². The molecule has 3 aromatic rings. The SMILES string of the molecule is COc1cc(/C=C(\C#N)C(=O)Nc2ncc(Cc3ccc(C)cc3)s2)ccc1O. The van der Waals surface area contributed by atoms with Crippen molar-refractivity contribution < 1.29 is 14.6 Å². The van der Waals surface area contributed by atoms with E-state index < -0.39 is 5.91 Å². The molecule has 0 spiro atoms. The van der Waals surface area contributed by atoms with Crippen LogP contribution in [0.3, 0.4) is 0 Å². The van der Waals surface area contributed by atoms with Crippen LogP contribution >= 0.6 is 11.3 Å². The Kier molecular flexibility index (Phi) is 6.27. The number of aryl methyl sites for hydroxylation is 1. The molecule has 29 heavy (non-hydrogen) atoms. The van der Waals surface area contributed by atoms with Gasteiger partial charge in [-0.1, -0.05) is 35.9 Å². The van der Waals surface area contributed by atoms with Crippen molar-refractivity contribution in [2.45, 2.75) is 13.3 Å². The number of benzene rings is 2. The van der Waals surface area contributed by atoms with E-state index in [2.05, 4.69) is 34.6 Å². The summed E-state index contributed by atoms with van der Waals surface area (Å²) in [5.74, 6) is -0.301. The molecule has 2 N–H and O–H groups in total. The molecule has 6 nitrogen and oxygen atoms in total. The van der Waals surface area contributed by atoms with Gasteiger partial charge in [0.1, 0.15) is 11.6 Å². The molecule has 0 unspecified atom stereocenters. The van der Waals surface area contributed by atoms with Crippen molar-refractivity contribution in [3.8, 4) is 17.6 Å². The number of phenolic OH excluding ortho intramolecular Hbond substituents is 1. The van der Waals surface area contributed by atoms with Gasteiger partial charge in [0.05, 0.1) is 7.11 Å². The summed E-state index contributed by atoms with van der Waals surface area (Å²) in [5, 5.41) is 22.1. The molecule has 0 aliphatic rings. The zero-order valence-corrected chi connectivity index (χ0v) is 16.8. The van der Waals surface area contributed by atoms with Crippen LogP contribution in [0, 0.1) is 18.3 Å². The zero-order valence-electron chi connectivity index (χ0n) is 16.0. The number of nitrogens with zero attached hydrogens (tertiary/aromatic N) is 2. The van der Waals surface area contributed by atoms with Crippen LogP contribution in [0.5, 0.6) is 11.5 Å². The maximum Gasteiger partial charge on any atom is 0.268 e. The highest BCUT2D eigenvalue weighted by Crippen LogP contribution is 2.27. The summed E-state index contributed by atoms with van der Waals surface area (Å²) < 4.78 is 5.04. The summed E-state index contributed by atoms with van der Waals surface area (Å²) in [6.45, 7) is 2.04. The summed E-state index contributed by atoms with van der Waals surface area (Å²) in [6, 6.07) is 14.7. The molecule has 0 radical (unpaired) electrons. The number of methoxy groups -OCH3 is 1. The Morgan fingerprint density at radius 3 is 2.76 bits per heavy atom. The number of hydrogen-bond acceptors (Lipinski definition) is 6. The Hall–Kier alpha value is -3.63. The van der Waals surface area contributed by atoms with Crippen LogP contribution in [0.1, 0.15) is 21.6 Å². The highest BCUT2D eigenvalue weighted by molar-refractivity contribution is 7.15. The van der Waals surface area contributed by atoms with Gasteiger partial charge in [0, 0.05) is 17.5 Å². The molecule has 3 rings (SSSR count). The van der Waals surface area contributed by atoms with E-state index in [9.17, 15) is 15.2 Å². The summed E-state index contributed by atoms with van der Waals surface area (Å²) in [4.78, 5) is 17.7. The second kappa shape index (κ2) is 9.04. The predicted molar refractivity (Wildman–Crippen MR) is 113 cm³/mol. The lowest BCUT2D eigenvalue weighted by Gasteiger charge is -2.04. The summed E-state index contributed by atoms with van der Waals surface area (Å²) >= 11 is 1.37. The lowest BCUT2D eigenvalue weighted by Crippen LogP contribution is -2.13. The third-order valence-corrected chi connectivity index (χ3v) is 5.07. The van der Waals surface area contributed by atoms with E-state index in [1.54, 1.807) is 18.3 Å². The number of phenols is 1. The van der Waals surface area contributed by atoms with Gasteiger partial charge < -0.3 is 9.84 Å². The van der Waals surface area contributed by atoms with Crippen molar-refractivity contribution in [1.82, 2.24) is 4.98 Å². The normalized spacial score (nSPS) is 11.0. The molecular formula is C22H19N3O3S. The molecule has 0 fully saturated rings. The molecule has 0 aliphatic heterocycles. The summed E-state index contributed by atoms with van der Waals surface area (Å²) in [6.07, 6.45) is 3.88. The Morgan fingerprint density at radius 1 is 1.31 bits per heavy atom. The fraction of sp³-hybridized carbons (Fsp3) is 0.136. The highest BCUT2D eigenvalue weighted by atomic mass is 32.1. The number of aromatic hydroxyl groups is 1. The molecule has 0 saturated heterocycles. The van der Waals surface area contributed by atoms with E-state index >= 15 is 0 Å². The van der Waals surface area contributed by atoms with Crippen molar-refractivity contribution in [1.29, 1.82) is 5.26 Å². The average Bonchev–Trinajstić information content (AvgIpc) is 3.15. The third kappa shape index (κ3) is 5.21. The maximum absolute atomic E-state index is 12.5. The van der Waals surface area contributed by atoms with Gasteiger partial charge in [-0.3, -0.25) is 10.1 Å². The number of carbonyl (C=O) groups is 1. The fourth-order valence-corrected chi connectivity index (χ4v) is 3.46. The van der Waals surface area contributed by atoms with Gasteiger partial charge in [-0.25, -0.2) is 4.98 Å². The number of ether oxygens (including phenoxy) is 1. The minimum absolute atomic E-state index is 0.0171. The molecule has 1 heterocycles. The first kappa shape index (κ1) is 20.1. The molecule has 1 amide bonds. The average molecular weight is 405 g/mol. The number of hydrogen-bond donors (Lipinski definition) is 2. The lowest BCUT2D eigenvalue weighted by molar-refractivity contribution is -0.112. The maximum atomic E-state index is 12.5. The van der Waals surface area contributed by atoms with Crippen molar-refractivity contribution in [3.05, 3.63) is 75.8 Å². The lowest BCUT2D eigenvalue weighted by atomic mass is 10.1. The monoisotopic (exact) mass is 405 g/mol. The number of thiazole rings is 1. The van der Waals surface area contributed by atoms with E-state index in [0.29, 0.717) is 10.7 Å². The van der Waals surface area contributed by atoms with Crippen LogP contribution in [0.25, 0.3) is 6.08 Å². The topological polar surface area (TPSA) is 95.2 Å². The molecule has 0 aliphatic carbocycles. The van der Waals surface area contributed by atoms with E-state index in [-0.39, 0.29) is 17.1 Å². The highest BCUT2D eigenvalue weighted by Gasteiger charge is 2.13. The smallest absolute Gasteiger partial charge is 0.268 e. The standard InChI is InChI=1S/C22H19N3O3S/c1-14-3-5-15(6-4-14)10-18-13-24-22(29-18)25-21(27)17(12-23)9-16-7-8-19(26)20(11-16)28-2/h3-9,11,13,26H,10H2,1-2H3,(H,24,25,27)/b17-9+. The fourth-order valence-electron chi connectivity index (χ4n) is 2.62. The molecule has 2 aromatic carbocycles. The van der Waals surface area contributed by atoms with Crippen LogP contribution in [-0.2, 0) is 11.2 Å². The van der Waals surface area contributed by atoms with Crippen LogP contribution in [0.15, 0.2) is 54.2 Å². The van der Waals surface area contributed by atoms with Crippen molar-refractivity contribution in [2.24, 2.45) is 0 Å². The molecule has 0 bridgehead atoms. The Morgan fingerprint density at radius 2 is 2.07 bits per heavy atom. The summed E-state index contributed by atoms with van der Waals surface area (Å²) in [5.41, 5.74) is 2.85. The Balaban J connectivity index is 1.71. The summed E-state index contributed by atoms with van der Waals surface area (Å²) in [7, 11) is 1.43. The van der Waals surface area contributed by atoms with Gasteiger partial charge >= 0.3 is 0 Å². The third-order valence-electron chi connectivity index (χ3n) is 4.15. The van der Waals surface area contributed by atoms with Gasteiger partial charge in [-0.15, -0.1) is 11.3 Å². The molecule has 0 saturated carbocycles. The number of amides is 1. The van der Waals surface area contributed by atoms with Crippen molar-refractivity contribution in [3.63, 3.8) is 0 Å². The molecule has 7 heteroatoms. The van der Waals surface area contributed by atoms with E-state index in [1.165, 1.54) is 36.2 Å². The number of nitrogens with one attached hydrogen (secondary N) is 1. The van der Waals surface area contributed by atoms with Crippen LogP contribution in [-0.4, -0.2) is 23.1 Å². The number of nitriles is 1. The number of aromatic nitrogens is 1. The molecular weight excluding hydrogens is 386 g/mol. The van der Waals surface area contributed by atoms with Crippen molar-refractivity contribution in [2.75, 3.05) is 12.4 Å². The first-order valence-corrected chi connectivity index (χ1v) is 9.60. The van der Waals surface area contributed by atoms with Crippen LogP contribution in [0.4, 0.5) is 5.13 Å². The number of rotatable bonds is 6. The van der Waals surface area contributed by atoms with Gasteiger partial charge in [0.2, 0.25) is 0 Å². The first-order chi connectivity index (χ1) is 14.0. The van der Waals surface area contributed by atoms with Crippen molar-refractivity contribution >= 4 is 28.5 Å². The second-order valence-corrected chi connectivity index (χ2v) is 7.46. The van der Waals surface area contributed by atoms with Gasteiger partial charge in [-0.2, -0.15) is 5.26 Å². The Labute approximate surface area is 172 Å². The minimum atomic E-state index is -0.546. The van der Waals surface area contributed by atoms with Gasteiger partial charge in [0.25, 0.3) is 5.91 Å². The van der Waals surface area contributed by atoms with Crippen LogP contribution in [0.2, 0.25) is 0 Å². The molecule has 0 atom stereocenters. The van der Waals surface area contributed by atoms with E-state index in [4.69, 9.17) is 4.74 Å². The zero-order chi connectivity index (χ0) is 20.8. The Bertz CT molecular complexity index is 1100. The number of carbonyl (C=O) groups excluding carboxylic acids is 1. The van der Waals surface area contributed by atoms with E-state index in [0.717, 1.165) is 16.9 Å². The second-order valence-electron chi connectivity index (χ2n) is 6.35. The van der Waals surface area contributed by atoms with Gasteiger partial charge in [0.15, 0.2) is 16.6 Å². The molecule has 146 valence electrons. The predicted octanol–water partition coefficient (Wildman–Crippen LogP) is 4.30. The largest absolute Gasteiger partial charge is 0.504 e. The first-order valence-electron chi connectivity index (χ1n) is 8.79. The molecule has 1 aromatic heterocycles. The minimum Gasteiger partial charge on any atom is -0.504 e. The quantitative estimate of drug-likeness (QED) is 0.471.